The van der Waals surface area contributed by atoms with Crippen molar-refractivity contribution in [1.29, 1.82) is 0 Å². The molecule has 3 N–H and O–H groups in total. The Labute approximate surface area is 88.6 Å². The van der Waals surface area contributed by atoms with Crippen molar-refractivity contribution in [3.8, 4) is 5.75 Å². The lowest BCUT2D eigenvalue weighted by Crippen LogP contribution is -2.44. The molecular weight excluding hydrogens is 194 g/mol. The molecular formula is C10H15N3O2. The molecule has 5 nitrogen and oxygen atoms in total. The molecule has 1 atom stereocenters. The molecule has 0 saturated heterocycles. The Bertz CT molecular complexity index is 314. The van der Waals surface area contributed by atoms with Crippen LogP contribution in [0.25, 0.3) is 0 Å². The lowest BCUT2D eigenvalue weighted by Gasteiger charge is -2.20. The van der Waals surface area contributed by atoms with E-state index in [0.29, 0.717) is 5.75 Å². The van der Waals surface area contributed by atoms with E-state index in [0.717, 1.165) is 0 Å². The van der Waals surface area contributed by atoms with Crippen LogP contribution in [0.1, 0.15) is 13.8 Å². The fourth-order valence-corrected chi connectivity index (χ4v) is 1.14. The number of nitrogens with two attached hydrogens (primary N) is 1. The Balaban J connectivity index is 2.72. The average molecular weight is 209 g/mol. The Kier molecular flexibility index (Phi) is 4.05. The lowest BCUT2D eigenvalue weighted by molar-refractivity contribution is -0.129. The summed E-state index contributed by atoms with van der Waals surface area (Å²) < 4.78 is 5.47. The molecule has 1 amide bonds. The van der Waals surface area contributed by atoms with Crippen LogP contribution in [0.3, 0.4) is 0 Å². The molecule has 1 heterocycles. The number of nitrogens with zero attached hydrogens (tertiary/aromatic N) is 1. The third-order valence-corrected chi connectivity index (χ3v) is 1.90. The molecule has 1 unspecified atom stereocenters. The van der Waals surface area contributed by atoms with E-state index in [2.05, 4.69) is 10.4 Å². The minimum atomic E-state index is -0.598. The Hall–Kier alpha value is -1.62. The van der Waals surface area contributed by atoms with Crippen LogP contribution in [-0.4, -0.2) is 17.0 Å². The summed E-state index contributed by atoms with van der Waals surface area (Å²) in [6, 6.07) is 3.49. The molecule has 0 aliphatic carbocycles. The van der Waals surface area contributed by atoms with Crippen LogP contribution in [-0.2, 0) is 4.79 Å². The van der Waals surface area contributed by atoms with Crippen molar-refractivity contribution in [2.45, 2.75) is 20.0 Å². The summed E-state index contributed by atoms with van der Waals surface area (Å²) in [5, 5.41) is 0. The van der Waals surface area contributed by atoms with Gasteiger partial charge in [-0.15, -0.1) is 0 Å². The molecule has 82 valence electrons. The minimum absolute atomic E-state index is 0.0359. The van der Waals surface area contributed by atoms with Crippen molar-refractivity contribution in [3.05, 3.63) is 24.5 Å². The van der Waals surface area contributed by atoms with Crippen LogP contribution in [0.5, 0.6) is 5.75 Å². The number of ether oxygens (including phenoxy) is 1. The maximum absolute atomic E-state index is 11.4. The second-order valence-corrected chi connectivity index (χ2v) is 3.48. The molecule has 0 spiro atoms. The first kappa shape index (κ1) is 11.5. The smallest absolute Gasteiger partial charge is 0.275 e. The van der Waals surface area contributed by atoms with Crippen LogP contribution in [0.2, 0.25) is 0 Å². The van der Waals surface area contributed by atoms with Gasteiger partial charge in [0.2, 0.25) is 0 Å². The SMILES string of the molecule is CC(C)C(Oc1cccnc1)C(=O)NN. The fourth-order valence-electron chi connectivity index (χ4n) is 1.14. The number of hydrogen-bond donors (Lipinski definition) is 2. The third-order valence-electron chi connectivity index (χ3n) is 1.90. The zero-order chi connectivity index (χ0) is 11.3. The lowest BCUT2D eigenvalue weighted by atomic mass is 10.1. The van der Waals surface area contributed by atoms with Crippen molar-refractivity contribution in [3.63, 3.8) is 0 Å². The first-order chi connectivity index (χ1) is 7.15. The molecule has 0 saturated carbocycles. The first-order valence-electron chi connectivity index (χ1n) is 4.72. The van der Waals surface area contributed by atoms with Gasteiger partial charge in [0.15, 0.2) is 6.10 Å². The van der Waals surface area contributed by atoms with E-state index in [4.69, 9.17) is 10.6 Å². The molecule has 0 aromatic carbocycles. The predicted molar refractivity (Wildman–Crippen MR) is 55.8 cm³/mol. The van der Waals surface area contributed by atoms with Crippen LogP contribution in [0, 0.1) is 5.92 Å². The van der Waals surface area contributed by atoms with Gasteiger partial charge in [-0.2, -0.15) is 0 Å². The second-order valence-electron chi connectivity index (χ2n) is 3.48. The number of aromatic nitrogens is 1. The van der Waals surface area contributed by atoms with Gasteiger partial charge >= 0.3 is 0 Å². The molecule has 0 bridgehead atoms. The highest BCUT2D eigenvalue weighted by atomic mass is 16.5. The Morgan fingerprint density at radius 1 is 1.60 bits per heavy atom. The van der Waals surface area contributed by atoms with Gasteiger partial charge in [-0.3, -0.25) is 15.2 Å². The zero-order valence-electron chi connectivity index (χ0n) is 8.81. The number of amides is 1. The van der Waals surface area contributed by atoms with E-state index in [-0.39, 0.29) is 11.8 Å². The highest BCUT2D eigenvalue weighted by Crippen LogP contribution is 2.14. The Morgan fingerprint density at radius 3 is 2.80 bits per heavy atom. The largest absolute Gasteiger partial charge is 0.479 e. The summed E-state index contributed by atoms with van der Waals surface area (Å²) in [6.45, 7) is 3.77. The number of hydrogen-bond acceptors (Lipinski definition) is 4. The van der Waals surface area contributed by atoms with Crippen LogP contribution in [0.4, 0.5) is 0 Å². The van der Waals surface area contributed by atoms with Crippen LogP contribution >= 0.6 is 0 Å². The van der Waals surface area contributed by atoms with Gasteiger partial charge < -0.3 is 4.74 Å². The van der Waals surface area contributed by atoms with Crippen molar-refractivity contribution >= 4 is 5.91 Å². The van der Waals surface area contributed by atoms with E-state index in [1.807, 2.05) is 13.8 Å². The normalized spacial score (nSPS) is 12.3. The van der Waals surface area contributed by atoms with Crippen LogP contribution < -0.4 is 16.0 Å². The maximum atomic E-state index is 11.4. The van der Waals surface area contributed by atoms with Gasteiger partial charge in [-0.05, 0) is 18.1 Å². The number of nitrogens with one attached hydrogen (secondary N) is 1. The van der Waals surface area contributed by atoms with Crippen molar-refractivity contribution in [2.24, 2.45) is 11.8 Å². The summed E-state index contributed by atoms with van der Waals surface area (Å²) >= 11 is 0. The monoisotopic (exact) mass is 209 g/mol. The van der Waals surface area contributed by atoms with Gasteiger partial charge in [0.05, 0.1) is 6.20 Å². The van der Waals surface area contributed by atoms with Crippen LogP contribution in [0.15, 0.2) is 24.5 Å². The number of carbonyl (C=O) groups is 1. The molecule has 1 aromatic rings. The second kappa shape index (κ2) is 5.31. The van der Waals surface area contributed by atoms with Gasteiger partial charge in [-0.25, -0.2) is 5.84 Å². The van der Waals surface area contributed by atoms with Crippen molar-refractivity contribution in [2.75, 3.05) is 0 Å². The van der Waals surface area contributed by atoms with Gasteiger partial charge in [0.25, 0.3) is 5.91 Å². The average Bonchev–Trinajstić information content (AvgIpc) is 2.26. The minimum Gasteiger partial charge on any atom is -0.479 e. The molecule has 15 heavy (non-hydrogen) atoms. The molecule has 1 aromatic heterocycles. The molecule has 0 fully saturated rings. The van der Waals surface area contributed by atoms with Crippen molar-refractivity contribution in [1.82, 2.24) is 10.4 Å². The van der Waals surface area contributed by atoms with Gasteiger partial charge in [-0.1, -0.05) is 13.8 Å². The summed E-state index contributed by atoms with van der Waals surface area (Å²) in [4.78, 5) is 15.3. The zero-order valence-corrected chi connectivity index (χ0v) is 8.81. The number of hydrazine groups is 1. The molecule has 0 aliphatic heterocycles. The molecule has 0 aliphatic rings. The Morgan fingerprint density at radius 2 is 2.33 bits per heavy atom. The van der Waals surface area contributed by atoms with Crippen molar-refractivity contribution < 1.29 is 9.53 Å². The number of rotatable bonds is 4. The summed E-state index contributed by atoms with van der Waals surface area (Å²) in [7, 11) is 0. The number of carbonyl (C=O) groups excluding carboxylic acids is 1. The third kappa shape index (κ3) is 3.21. The summed E-state index contributed by atoms with van der Waals surface area (Å²) in [5.41, 5.74) is 2.08. The molecule has 0 radical (unpaired) electrons. The van der Waals surface area contributed by atoms with E-state index < -0.39 is 6.10 Å². The van der Waals surface area contributed by atoms with E-state index in [1.165, 1.54) is 0 Å². The van der Waals surface area contributed by atoms with E-state index >= 15 is 0 Å². The molecule has 1 rings (SSSR count). The highest BCUT2D eigenvalue weighted by molar-refractivity contribution is 5.80. The highest BCUT2D eigenvalue weighted by Gasteiger charge is 2.23. The maximum Gasteiger partial charge on any atom is 0.275 e. The topological polar surface area (TPSA) is 77.2 Å². The first-order valence-corrected chi connectivity index (χ1v) is 4.72. The quantitative estimate of drug-likeness (QED) is 0.429. The number of pyridine rings is 1. The predicted octanol–water partition coefficient (Wildman–Crippen LogP) is 0.475. The van der Waals surface area contributed by atoms with Gasteiger partial charge in [0, 0.05) is 6.20 Å². The summed E-state index contributed by atoms with van der Waals surface area (Å²) in [5.74, 6) is 5.32. The van der Waals surface area contributed by atoms with E-state index in [1.54, 1.807) is 24.5 Å². The van der Waals surface area contributed by atoms with E-state index in [9.17, 15) is 4.79 Å². The molecule has 5 heteroatoms. The fraction of sp³-hybridized carbons (Fsp3) is 0.400. The standard InChI is InChI=1S/C10H15N3O2/c1-7(2)9(10(14)13-11)15-8-4-3-5-12-6-8/h3-7,9H,11H2,1-2H3,(H,13,14). The van der Waals surface area contributed by atoms with Gasteiger partial charge in [0.1, 0.15) is 5.75 Å². The summed E-state index contributed by atoms with van der Waals surface area (Å²) in [6.07, 6.45) is 2.60.